The Morgan fingerprint density at radius 3 is 2.68 bits per heavy atom. The van der Waals surface area contributed by atoms with Gasteiger partial charge in [-0.05, 0) is 49.9 Å². The summed E-state index contributed by atoms with van der Waals surface area (Å²) in [4.78, 5) is 11.7. The maximum absolute atomic E-state index is 11.7. The SMILES string of the molecule is Cc1ccc(OCCC(=O)NC2CCCC2)cc1C. The number of benzene rings is 1. The molecule has 104 valence electrons. The number of ether oxygens (including phenoxy) is 1. The van der Waals surface area contributed by atoms with Crippen LogP contribution < -0.4 is 10.1 Å². The van der Waals surface area contributed by atoms with E-state index in [2.05, 4.69) is 19.2 Å². The zero-order chi connectivity index (χ0) is 13.7. The molecule has 1 N–H and O–H groups in total. The van der Waals surface area contributed by atoms with Gasteiger partial charge in [0.05, 0.1) is 13.0 Å². The normalized spacial score (nSPS) is 15.5. The number of rotatable bonds is 5. The lowest BCUT2D eigenvalue weighted by Gasteiger charge is -2.12. The smallest absolute Gasteiger partial charge is 0.223 e. The van der Waals surface area contributed by atoms with Crippen LogP contribution in [0.3, 0.4) is 0 Å². The van der Waals surface area contributed by atoms with Crippen LogP contribution in [-0.2, 0) is 4.79 Å². The van der Waals surface area contributed by atoms with Crippen LogP contribution in [0.2, 0.25) is 0 Å². The van der Waals surface area contributed by atoms with E-state index in [0.29, 0.717) is 19.1 Å². The van der Waals surface area contributed by atoms with Crippen molar-refractivity contribution in [1.82, 2.24) is 5.32 Å². The molecule has 2 rings (SSSR count). The highest BCUT2D eigenvalue weighted by Gasteiger charge is 2.16. The Kier molecular flexibility index (Phi) is 4.83. The van der Waals surface area contributed by atoms with Gasteiger partial charge < -0.3 is 10.1 Å². The minimum atomic E-state index is 0.107. The van der Waals surface area contributed by atoms with Crippen LogP contribution in [0.1, 0.15) is 43.2 Å². The van der Waals surface area contributed by atoms with E-state index in [0.717, 1.165) is 18.6 Å². The Balaban J connectivity index is 1.70. The van der Waals surface area contributed by atoms with Gasteiger partial charge in [0.15, 0.2) is 0 Å². The molecule has 19 heavy (non-hydrogen) atoms. The minimum Gasteiger partial charge on any atom is -0.493 e. The van der Waals surface area contributed by atoms with Crippen LogP contribution in [-0.4, -0.2) is 18.6 Å². The van der Waals surface area contributed by atoms with Crippen LogP contribution >= 0.6 is 0 Å². The molecule has 0 aromatic heterocycles. The first-order chi connectivity index (χ1) is 9.15. The molecule has 1 saturated carbocycles. The second-order valence-electron chi connectivity index (χ2n) is 5.39. The van der Waals surface area contributed by atoms with Crippen molar-refractivity contribution in [3.63, 3.8) is 0 Å². The predicted molar refractivity (Wildman–Crippen MR) is 76.4 cm³/mol. The van der Waals surface area contributed by atoms with Crippen LogP contribution in [0.5, 0.6) is 5.75 Å². The molecule has 0 heterocycles. The fourth-order valence-electron chi connectivity index (χ4n) is 2.44. The molecule has 3 nitrogen and oxygen atoms in total. The lowest BCUT2D eigenvalue weighted by atomic mass is 10.1. The third-order valence-electron chi connectivity index (χ3n) is 3.80. The molecule has 1 aliphatic rings. The molecular formula is C16H23NO2. The van der Waals surface area contributed by atoms with Crippen molar-refractivity contribution in [3.8, 4) is 5.75 Å². The second-order valence-corrected chi connectivity index (χ2v) is 5.39. The van der Waals surface area contributed by atoms with Crippen molar-refractivity contribution in [2.45, 2.75) is 52.0 Å². The highest BCUT2D eigenvalue weighted by atomic mass is 16.5. The van der Waals surface area contributed by atoms with Crippen molar-refractivity contribution >= 4 is 5.91 Å². The summed E-state index contributed by atoms with van der Waals surface area (Å²) < 4.78 is 5.62. The summed E-state index contributed by atoms with van der Waals surface area (Å²) in [6.45, 7) is 4.59. The van der Waals surface area contributed by atoms with Gasteiger partial charge in [-0.1, -0.05) is 18.9 Å². The van der Waals surface area contributed by atoms with Crippen LogP contribution in [0.25, 0.3) is 0 Å². The standard InChI is InChI=1S/C16H23NO2/c1-12-7-8-15(11-13(12)2)19-10-9-16(18)17-14-5-3-4-6-14/h7-8,11,14H,3-6,9-10H2,1-2H3,(H,17,18). The summed E-state index contributed by atoms with van der Waals surface area (Å²) in [6, 6.07) is 6.42. The molecule has 0 radical (unpaired) electrons. The van der Waals surface area contributed by atoms with Gasteiger partial charge in [0, 0.05) is 6.04 Å². The maximum atomic E-state index is 11.7. The Hall–Kier alpha value is -1.51. The largest absolute Gasteiger partial charge is 0.493 e. The molecule has 0 unspecified atom stereocenters. The van der Waals surface area contributed by atoms with E-state index in [4.69, 9.17) is 4.74 Å². The fourth-order valence-corrected chi connectivity index (χ4v) is 2.44. The van der Waals surface area contributed by atoms with Gasteiger partial charge in [-0.3, -0.25) is 4.79 Å². The molecule has 0 spiro atoms. The van der Waals surface area contributed by atoms with Gasteiger partial charge >= 0.3 is 0 Å². The summed E-state index contributed by atoms with van der Waals surface area (Å²) in [5, 5.41) is 3.07. The van der Waals surface area contributed by atoms with E-state index in [1.807, 2.05) is 18.2 Å². The first kappa shape index (κ1) is 13.9. The van der Waals surface area contributed by atoms with Gasteiger partial charge in [0.1, 0.15) is 5.75 Å². The van der Waals surface area contributed by atoms with E-state index in [1.165, 1.54) is 24.0 Å². The van der Waals surface area contributed by atoms with Crippen molar-refractivity contribution in [3.05, 3.63) is 29.3 Å². The zero-order valence-electron chi connectivity index (χ0n) is 11.9. The lowest BCUT2D eigenvalue weighted by molar-refractivity contribution is -0.122. The molecule has 1 aromatic carbocycles. The third-order valence-corrected chi connectivity index (χ3v) is 3.80. The first-order valence-electron chi connectivity index (χ1n) is 7.14. The molecule has 0 saturated heterocycles. The number of nitrogens with one attached hydrogen (secondary N) is 1. The van der Waals surface area contributed by atoms with E-state index >= 15 is 0 Å². The van der Waals surface area contributed by atoms with Crippen LogP contribution in [0.4, 0.5) is 0 Å². The maximum Gasteiger partial charge on any atom is 0.223 e. The highest BCUT2D eigenvalue weighted by Crippen LogP contribution is 2.18. The van der Waals surface area contributed by atoms with Gasteiger partial charge in [-0.15, -0.1) is 0 Å². The topological polar surface area (TPSA) is 38.3 Å². The Morgan fingerprint density at radius 1 is 1.26 bits per heavy atom. The fraction of sp³-hybridized carbons (Fsp3) is 0.562. The summed E-state index contributed by atoms with van der Waals surface area (Å²) in [5.74, 6) is 0.951. The van der Waals surface area contributed by atoms with Crippen molar-refractivity contribution in [2.75, 3.05) is 6.61 Å². The number of amides is 1. The molecule has 3 heteroatoms. The molecule has 0 atom stereocenters. The van der Waals surface area contributed by atoms with Crippen LogP contribution in [0.15, 0.2) is 18.2 Å². The molecule has 0 aliphatic heterocycles. The number of hydrogen-bond acceptors (Lipinski definition) is 2. The van der Waals surface area contributed by atoms with Crippen molar-refractivity contribution < 1.29 is 9.53 Å². The van der Waals surface area contributed by atoms with Gasteiger partial charge in [-0.25, -0.2) is 0 Å². The second kappa shape index (κ2) is 6.60. The summed E-state index contributed by atoms with van der Waals surface area (Å²) in [6.07, 6.45) is 5.17. The number of aryl methyl sites for hydroxylation is 2. The quantitative estimate of drug-likeness (QED) is 0.884. The molecule has 0 bridgehead atoms. The van der Waals surface area contributed by atoms with Crippen molar-refractivity contribution in [1.29, 1.82) is 0 Å². The van der Waals surface area contributed by atoms with E-state index < -0.39 is 0 Å². The average Bonchev–Trinajstić information content (AvgIpc) is 2.86. The molecule has 1 aromatic rings. The minimum absolute atomic E-state index is 0.107. The molecule has 1 aliphatic carbocycles. The lowest BCUT2D eigenvalue weighted by Crippen LogP contribution is -2.33. The van der Waals surface area contributed by atoms with E-state index in [1.54, 1.807) is 0 Å². The zero-order valence-corrected chi connectivity index (χ0v) is 11.9. The Labute approximate surface area is 115 Å². The van der Waals surface area contributed by atoms with E-state index in [-0.39, 0.29) is 5.91 Å². The summed E-state index contributed by atoms with van der Waals surface area (Å²) >= 11 is 0. The monoisotopic (exact) mass is 261 g/mol. The summed E-state index contributed by atoms with van der Waals surface area (Å²) in [5.41, 5.74) is 2.47. The van der Waals surface area contributed by atoms with Crippen LogP contribution in [0, 0.1) is 13.8 Å². The molecule has 1 fully saturated rings. The molecular weight excluding hydrogens is 238 g/mol. The van der Waals surface area contributed by atoms with Gasteiger partial charge in [0.25, 0.3) is 0 Å². The first-order valence-corrected chi connectivity index (χ1v) is 7.14. The number of carbonyl (C=O) groups excluding carboxylic acids is 1. The Morgan fingerprint density at radius 2 is 2.00 bits per heavy atom. The van der Waals surface area contributed by atoms with Gasteiger partial charge in [-0.2, -0.15) is 0 Å². The number of hydrogen-bond donors (Lipinski definition) is 1. The van der Waals surface area contributed by atoms with Gasteiger partial charge in [0.2, 0.25) is 5.91 Å². The highest BCUT2D eigenvalue weighted by molar-refractivity contribution is 5.76. The molecule has 1 amide bonds. The van der Waals surface area contributed by atoms with Crippen molar-refractivity contribution in [2.24, 2.45) is 0 Å². The third kappa shape index (κ3) is 4.27. The van der Waals surface area contributed by atoms with E-state index in [9.17, 15) is 4.79 Å². The summed E-state index contributed by atoms with van der Waals surface area (Å²) in [7, 11) is 0. The average molecular weight is 261 g/mol. The number of carbonyl (C=O) groups is 1. The predicted octanol–water partition coefficient (Wildman–Crippen LogP) is 3.13. The Bertz CT molecular complexity index is 436.